The Morgan fingerprint density at radius 3 is 2.07 bits per heavy atom. The second-order valence-corrected chi connectivity index (χ2v) is 7.47. The summed E-state index contributed by atoms with van der Waals surface area (Å²) in [6.07, 6.45) is 5.58. The molecule has 1 aliphatic heterocycles. The lowest BCUT2D eigenvalue weighted by molar-refractivity contribution is -0.138. The molecule has 0 bridgehead atoms. The number of nitrogens with zero attached hydrogens (tertiary/aromatic N) is 2. The van der Waals surface area contributed by atoms with Crippen molar-refractivity contribution in [1.82, 2.24) is 9.80 Å². The van der Waals surface area contributed by atoms with Gasteiger partial charge in [-0.1, -0.05) is 19.3 Å². The molecule has 1 saturated heterocycles. The highest BCUT2D eigenvalue weighted by Crippen LogP contribution is 2.30. The van der Waals surface area contributed by atoms with Gasteiger partial charge in [0.2, 0.25) is 5.91 Å². The maximum absolute atomic E-state index is 13.0. The molecule has 6 nitrogen and oxygen atoms in total. The number of ether oxygens (including phenoxy) is 2. The van der Waals surface area contributed by atoms with Crippen molar-refractivity contribution in [2.45, 2.75) is 39.0 Å². The highest BCUT2D eigenvalue weighted by molar-refractivity contribution is 5.97. The Labute approximate surface area is 161 Å². The summed E-state index contributed by atoms with van der Waals surface area (Å²) in [5, 5.41) is 0. The number of methoxy groups -OCH3 is 2. The number of carbonyl (C=O) groups excluding carboxylic acids is 2. The van der Waals surface area contributed by atoms with Gasteiger partial charge in [0, 0.05) is 32.1 Å². The monoisotopic (exact) mass is 374 g/mol. The summed E-state index contributed by atoms with van der Waals surface area (Å²) in [5.41, 5.74) is 1.43. The van der Waals surface area contributed by atoms with E-state index in [-0.39, 0.29) is 17.7 Å². The summed E-state index contributed by atoms with van der Waals surface area (Å²) < 4.78 is 10.8. The molecule has 1 aliphatic carbocycles. The highest BCUT2D eigenvalue weighted by Gasteiger charge is 2.30. The molecule has 2 amide bonds. The molecule has 0 N–H and O–H groups in total. The first-order chi connectivity index (χ1) is 13.0. The molecule has 1 aromatic rings. The van der Waals surface area contributed by atoms with Crippen LogP contribution >= 0.6 is 0 Å². The summed E-state index contributed by atoms with van der Waals surface area (Å²) in [6, 6.07) is 3.57. The number of piperazine rings is 1. The quantitative estimate of drug-likeness (QED) is 0.813. The first kappa shape index (κ1) is 19.5. The first-order valence-corrected chi connectivity index (χ1v) is 9.85. The minimum Gasteiger partial charge on any atom is -0.496 e. The van der Waals surface area contributed by atoms with E-state index in [0.29, 0.717) is 43.2 Å². The van der Waals surface area contributed by atoms with Gasteiger partial charge in [0.15, 0.2) is 0 Å². The third kappa shape index (κ3) is 4.20. The maximum Gasteiger partial charge on any atom is 0.257 e. The highest BCUT2D eigenvalue weighted by atomic mass is 16.5. The molecule has 1 heterocycles. The third-order valence-electron chi connectivity index (χ3n) is 5.78. The summed E-state index contributed by atoms with van der Waals surface area (Å²) in [7, 11) is 3.16. The van der Waals surface area contributed by atoms with Gasteiger partial charge in [0.05, 0.1) is 19.8 Å². The van der Waals surface area contributed by atoms with Crippen LogP contribution in [-0.4, -0.2) is 62.0 Å². The van der Waals surface area contributed by atoms with Gasteiger partial charge in [-0.25, -0.2) is 0 Å². The molecular weight excluding hydrogens is 344 g/mol. The van der Waals surface area contributed by atoms with Crippen LogP contribution in [0.5, 0.6) is 11.5 Å². The predicted molar refractivity (Wildman–Crippen MR) is 103 cm³/mol. The van der Waals surface area contributed by atoms with Gasteiger partial charge in [-0.05, 0) is 37.5 Å². The van der Waals surface area contributed by atoms with E-state index < -0.39 is 0 Å². The van der Waals surface area contributed by atoms with Crippen LogP contribution in [0.4, 0.5) is 0 Å². The minimum atomic E-state index is -0.0742. The molecule has 3 rings (SSSR count). The summed E-state index contributed by atoms with van der Waals surface area (Å²) in [5.74, 6) is 1.61. The predicted octanol–water partition coefficient (Wildman–Crippen LogP) is 2.88. The first-order valence-electron chi connectivity index (χ1n) is 9.85. The van der Waals surface area contributed by atoms with Crippen LogP contribution in [0.2, 0.25) is 0 Å². The van der Waals surface area contributed by atoms with E-state index in [1.807, 2.05) is 17.9 Å². The second kappa shape index (κ2) is 8.63. The molecule has 1 saturated carbocycles. The molecule has 0 atom stereocenters. The van der Waals surface area contributed by atoms with E-state index in [9.17, 15) is 9.59 Å². The SMILES string of the molecule is COc1cc(C(=O)N2CCN(C(=O)C3CCCCC3)CC2)c(OC)cc1C. The Morgan fingerprint density at radius 2 is 1.48 bits per heavy atom. The Balaban J connectivity index is 1.65. The van der Waals surface area contributed by atoms with Gasteiger partial charge in [-0.2, -0.15) is 0 Å². The summed E-state index contributed by atoms with van der Waals surface area (Å²) >= 11 is 0. The average Bonchev–Trinajstić information content (AvgIpc) is 2.73. The molecule has 2 fully saturated rings. The summed E-state index contributed by atoms with van der Waals surface area (Å²) in [4.78, 5) is 29.5. The van der Waals surface area contributed by atoms with Crippen molar-refractivity contribution in [2.75, 3.05) is 40.4 Å². The van der Waals surface area contributed by atoms with E-state index >= 15 is 0 Å². The van der Waals surface area contributed by atoms with E-state index in [1.165, 1.54) is 6.42 Å². The van der Waals surface area contributed by atoms with Gasteiger partial charge in [-0.15, -0.1) is 0 Å². The van der Waals surface area contributed by atoms with Crippen molar-refractivity contribution in [1.29, 1.82) is 0 Å². The number of amides is 2. The molecule has 27 heavy (non-hydrogen) atoms. The van der Waals surface area contributed by atoms with Crippen LogP contribution in [0.1, 0.15) is 48.0 Å². The van der Waals surface area contributed by atoms with E-state index in [4.69, 9.17) is 9.47 Å². The Morgan fingerprint density at radius 1 is 0.889 bits per heavy atom. The van der Waals surface area contributed by atoms with Crippen molar-refractivity contribution in [2.24, 2.45) is 5.92 Å². The van der Waals surface area contributed by atoms with Crippen LogP contribution in [0.3, 0.4) is 0 Å². The van der Waals surface area contributed by atoms with Crippen LogP contribution in [-0.2, 0) is 4.79 Å². The number of carbonyl (C=O) groups is 2. The number of hydrogen-bond donors (Lipinski definition) is 0. The van der Waals surface area contributed by atoms with E-state index in [2.05, 4.69) is 0 Å². The van der Waals surface area contributed by atoms with Crippen molar-refractivity contribution >= 4 is 11.8 Å². The number of rotatable bonds is 4. The molecule has 1 aromatic carbocycles. The molecular formula is C21H30N2O4. The molecule has 148 valence electrons. The second-order valence-electron chi connectivity index (χ2n) is 7.47. The smallest absolute Gasteiger partial charge is 0.257 e. The van der Waals surface area contributed by atoms with E-state index in [1.54, 1.807) is 25.2 Å². The van der Waals surface area contributed by atoms with Gasteiger partial charge in [0.1, 0.15) is 11.5 Å². The fourth-order valence-electron chi connectivity index (χ4n) is 4.13. The van der Waals surface area contributed by atoms with Crippen LogP contribution in [0.15, 0.2) is 12.1 Å². The third-order valence-corrected chi connectivity index (χ3v) is 5.78. The van der Waals surface area contributed by atoms with Gasteiger partial charge in [0.25, 0.3) is 5.91 Å². The maximum atomic E-state index is 13.0. The zero-order valence-electron chi connectivity index (χ0n) is 16.6. The van der Waals surface area contributed by atoms with Crippen LogP contribution in [0, 0.1) is 12.8 Å². The molecule has 0 aromatic heterocycles. The molecule has 6 heteroatoms. The van der Waals surface area contributed by atoms with Gasteiger partial charge < -0.3 is 19.3 Å². The average molecular weight is 374 g/mol. The standard InChI is InChI=1S/C21H30N2O4/c1-15-13-19(27-3)17(14-18(15)26-2)21(25)23-11-9-22(10-12-23)20(24)16-7-5-4-6-8-16/h13-14,16H,4-12H2,1-3H3. The molecule has 2 aliphatic rings. The fourth-order valence-corrected chi connectivity index (χ4v) is 4.13. The van der Waals surface area contributed by atoms with Crippen molar-refractivity contribution in [3.63, 3.8) is 0 Å². The van der Waals surface area contributed by atoms with E-state index in [0.717, 1.165) is 31.2 Å². The fraction of sp³-hybridized carbons (Fsp3) is 0.619. The number of benzene rings is 1. The van der Waals surface area contributed by atoms with Crippen LogP contribution < -0.4 is 9.47 Å². The number of hydrogen-bond acceptors (Lipinski definition) is 4. The zero-order chi connectivity index (χ0) is 19.4. The van der Waals surface area contributed by atoms with Crippen molar-refractivity contribution in [3.8, 4) is 11.5 Å². The normalized spacial score (nSPS) is 18.3. The van der Waals surface area contributed by atoms with Crippen LogP contribution in [0.25, 0.3) is 0 Å². The Kier molecular flexibility index (Phi) is 6.24. The lowest BCUT2D eigenvalue weighted by atomic mass is 9.88. The Bertz CT molecular complexity index is 690. The summed E-state index contributed by atoms with van der Waals surface area (Å²) in [6.45, 7) is 4.23. The number of aryl methyl sites for hydroxylation is 1. The Hall–Kier alpha value is -2.24. The molecule has 0 spiro atoms. The topological polar surface area (TPSA) is 59.1 Å². The lowest BCUT2D eigenvalue weighted by Crippen LogP contribution is -2.52. The molecule has 0 radical (unpaired) electrons. The van der Waals surface area contributed by atoms with Gasteiger partial charge in [-0.3, -0.25) is 9.59 Å². The van der Waals surface area contributed by atoms with Crippen molar-refractivity contribution in [3.05, 3.63) is 23.3 Å². The van der Waals surface area contributed by atoms with Gasteiger partial charge >= 0.3 is 0 Å². The minimum absolute atomic E-state index is 0.0742. The largest absolute Gasteiger partial charge is 0.496 e. The zero-order valence-corrected chi connectivity index (χ0v) is 16.6. The molecule has 0 unspecified atom stereocenters. The van der Waals surface area contributed by atoms with Crippen molar-refractivity contribution < 1.29 is 19.1 Å². The lowest BCUT2D eigenvalue weighted by Gasteiger charge is -2.37.